The van der Waals surface area contributed by atoms with Gasteiger partial charge < -0.3 is 20.0 Å². The first-order valence-corrected chi connectivity index (χ1v) is 11.9. The standard InChI is InChI=1S/C22H34N2O3S.H2O/c1-22(2,3)27-21(25)24-15-11-18(12-16-24)17-9-13-23(14-10-17)19-5-7-20(8-6-19)28(4)26;/h5-8,17-18H,9-16H2,1-4H3;1H2. The van der Waals surface area contributed by atoms with E-state index in [-0.39, 0.29) is 11.6 Å². The highest BCUT2D eigenvalue weighted by Crippen LogP contribution is 2.34. The molecule has 1 aromatic rings. The van der Waals surface area contributed by atoms with Crippen molar-refractivity contribution in [1.29, 1.82) is 0 Å². The lowest BCUT2D eigenvalue weighted by Crippen LogP contribution is -2.44. The van der Waals surface area contributed by atoms with Crippen LogP contribution in [0, 0.1) is 11.8 Å². The molecule has 2 aliphatic rings. The van der Waals surface area contributed by atoms with Crippen LogP contribution in [-0.4, -0.2) is 58.7 Å². The van der Waals surface area contributed by atoms with Gasteiger partial charge in [0.15, 0.2) is 0 Å². The summed E-state index contributed by atoms with van der Waals surface area (Å²) in [6.45, 7) is 9.53. The van der Waals surface area contributed by atoms with Gasteiger partial charge in [0.05, 0.1) is 0 Å². The number of hydrogen-bond acceptors (Lipinski definition) is 4. The van der Waals surface area contributed by atoms with E-state index in [1.165, 1.54) is 18.5 Å². The molecule has 3 rings (SSSR count). The zero-order valence-electron chi connectivity index (χ0n) is 18.1. The zero-order valence-corrected chi connectivity index (χ0v) is 19.0. The van der Waals surface area contributed by atoms with E-state index in [1.807, 2.05) is 37.8 Å². The van der Waals surface area contributed by atoms with Crippen LogP contribution in [-0.2, 0) is 15.5 Å². The molecule has 0 bridgehead atoms. The minimum absolute atomic E-state index is 0. The molecule has 2 saturated heterocycles. The molecule has 1 atom stereocenters. The molecular weight excluding hydrogens is 388 g/mol. The van der Waals surface area contributed by atoms with Crippen molar-refractivity contribution >= 4 is 22.6 Å². The summed E-state index contributed by atoms with van der Waals surface area (Å²) in [5.74, 6) is 1.46. The average molecular weight is 425 g/mol. The Hall–Kier alpha value is -1.60. The van der Waals surface area contributed by atoms with E-state index in [0.717, 1.165) is 49.8 Å². The molecular formula is C22H36N2O4S. The molecule has 7 heteroatoms. The molecule has 2 aliphatic heterocycles. The second-order valence-electron chi connectivity index (χ2n) is 9.08. The summed E-state index contributed by atoms with van der Waals surface area (Å²) in [5, 5.41) is 0. The summed E-state index contributed by atoms with van der Waals surface area (Å²) in [7, 11) is -0.919. The Balaban J connectivity index is 0.00000300. The number of rotatable bonds is 3. The number of hydrogen-bond donors (Lipinski definition) is 0. The first-order chi connectivity index (χ1) is 13.2. The van der Waals surface area contributed by atoms with Crippen LogP contribution in [0.4, 0.5) is 10.5 Å². The Bertz CT molecular complexity index is 686. The quantitative estimate of drug-likeness (QED) is 0.744. The van der Waals surface area contributed by atoms with Crippen molar-refractivity contribution in [3.63, 3.8) is 0 Å². The maximum absolute atomic E-state index is 12.2. The molecule has 0 aromatic heterocycles. The van der Waals surface area contributed by atoms with Gasteiger partial charge in [0.25, 0.3) is 0 Å². The number of benzene rings is 1. The molecule has 0 saturated carbocycles. The summed E-state index contributed by atoms with van der Waals surface area (Å²) in [6.07, 6.45) is 6.13. The third-order valence-corrected chi connectivity index (χ3v) is 6.87. The Morgan fingerprint density at radius 2 is 1.45 bits per heavy atom. The van der Waals surface area contributed by atoms with Crippen molar-refractivity contribution in [2.45, 2.75) is 57.0 Å². The number of anilines is 1. The summed E-state index contributed by atoms with van der Waals surface area (Å²) in [5.41, 5.74) is 0.804. The van der Waals surface area contributed by atoms with Gasteiger partial charge in [0.2, 0.25) is 0 Å². The number of piperidine rings is 2. The summed E-state index contributed by atoms with van der Waals surface area (Å²) in [4.78, 5) is 17.4. The van der Waals surface area contributed by atoms with Gasteiger partial charge in [0, 0.05) is 53.8 Å². The van der Waals surface area contributed by atoms with Crippen LogP contribution in [0.1, 0.15) is 46.5 Å². The Morgan fingerprint density at radius 3 is 1.90 bits per heavy atom. The van der Waals surface area contributed by atoms with E-state index in [0.29, 0.717) is 5.92 Å². The van der Waals surface area contributed by atoms with E-state index in [1.54, 1.807) is 6.26 Å². The largest absolute Gasteiger partial charge is 0.444 e. The molecule has 2 N–H and O–H groups in total. The van der Waals surface area contributed by atoms with Gasteiger partial charge in [-0.15, -0.1) is 0 Å². The van der Waals surface area contributed by atoms with Gasteiger partial charge in [-0.25, -0.2) is 4.79 Å². The summed E-state index contributed by atoms with van der Waals surface area (Å²) in [6, 6.07) is 8.14. The van der Waals surface area contributed by atoms with Crippen molar-refractivity contribution in [3.05, 3.63) is 24.3 Å². The van der Waals surface area contributed by atoms with Crippen LogP contribution in [0.2, 0.25) is 0 Å². The number of carbonyl (C=O) groups is 1. The number of ether oxygens (including phenoxy) is 1. The van der Waals surface area contributed by atoms with E-state index in [9.17, 15) is 9.00 Å². The lowest BCUT2D eigenvalue weighted by molar-refractivity contribution is 0.0152. The zero-order chi connectivity index (χ0) is 20.3. The normalized spacial score (nSPS) is 20.1. The minimum atomic E-state index is -0.919. The van der Waals surface area contributed by atoms with Crippen molar-refractivity contribution in [1.82, 2.24) is 4.90 Å². The van der Waals surface area contributed by atoms with Gasteiger partial charge in [-0.05, 0) is 82.6 Å². The maximum Gasteiger partial charge on any atom is 0.410 e. The molecule has 0 radical (unpaired) electrons. The minimum Gasteiger partial charge on any atom is -0.444 e. The molecule has 2 fully saturated rings. The third-order valence-electron chi connectivity index (χ3n) is 5.93. The predicted octanol–water partition coefficient (Wildman–Crippen LogP) is 3.46. The number of carbonyl (C=O) groups excluding carboxylic acids is 1. The SMILES string of the molecule is CS(=O)c1ccc(N2CCC(C3CCN(C(=O)OC(C)(C)C)CC3)CC2)cc1.O. The highest BCUT2D eigenvalue weighted by molar-refractivity contribution is 7.84. The number of likely N-dealkylation sites (tertiary alicyclic amines) is 1. The van der Waals surface area contributed by atoms with E-state index < -0.39 is 16.4 Å². The van der Waals surface area contributed by atoms with Gasteiger partial charge in [-0.1, -0.05) is 0 Å². The van der Waals surface area contributed by atoms with Crippen molar-refractivity contribution < 1.29 is 19.2 Å². The van der Waals surface area contributed by atoms with Gasteiger partial charge >= 0.3 is 6.09 Å². The maximum atomic E-state index is 12.2. The van der Waals surface area contributed by atoms with E-state index in [2.05, 4.69) is 17.0 Å². The predicted molar refractivity (Wildman–Crippen MR) is 118 cm³/mol. The molecule has 6 nitrogen and oxygen atoms in total. The Kier molecular flexibility index (Phi) is 8.11. The van der Waals surface area contributed by atoms with Crippen molar-refractivity contribution in [2.75, 3.05) is 37.3 Å². The lowest BCUT2D eigenvalue weighted by atomic mass is 9.79. The first-order valence-electron chi connectivity index (χ1n) is 10.4. The van der Waals surface area contributed by atoms with Crippen molar-refractivity contribution in [3.8, 4) is 0 Å². The number of nitrogens with zero attached hydrogens (tertiary/aromatic N) is 2. The van der Waals surface area contributed by atoms with Crippen LogP contribution in [0.5, 0.6) is 0 Å². The molecule has 1 unspecified atom stereocenters. The molecule has 29 heavy (non-hydrogen) atoms. The van der Waals surface area contributed by atoms with Crippen LogP contribution >= 0.6 is 0 Å². The van der Waals surface area contributed by atoms with Gasteiger partial charge in [-0.2, -0.15) is 0 Å². The number of amides is 1. The fourth-order valence-electron chi connectivity index (χ4n) is 4.36. The summed E-state index contributed by atoms with van der Waals surface area (Å²) >= 11 is 0. The molecule has 2 heterocycles. The highest BCUT2D eigenvalue weighted by atomic mass is 32.2. The lowest BCUT2D eigenvalue weighted by Gasteiger charge is -2.41. The van der Waals surface area contributed by atoms with E-state index in [4.69, 9.17) is 4.74 Å². The van der Waals surface area contributed by atoms with E-state index >= 15 is 0 Å². The second-order valence-corrected chi connectivity index (χ2v) is 10.5. The average Bonchev–Trinajstić information content (AvgIpc) is 2.67. The Morgan fingerprint density at radius 1 is 0.966 bits per heavy atom. The molecule has 164 valence electrons. The summed E-state index contributed by atoms with van der Waals surface area (Å²) < 4.78 is 17.1. The monoisotopic (exact) mass is 424 g/mol. The fourth-order valence-corrected chi connectivity index (χ4v) is 4.88. The van der Waals surface area contributed by atoms with Crippen LogP contribution in [0.15, 0.2) is 29.2 Å². The Labute approximate surface area is 177 Å². The molecule has 0 spiro atoms. The van der Waals surface area contributed by atoms with Crippen LogP contribution < -0.4 is 4.90 Å². The van der Waals surface area contributed by atoms with Gasteiger partial charge in [-0.3, -0.25) is 4.21 Å². The topological polar surface area (TPSA) is 81.4 Å². The molecule has 1 aromatic carbocycles. The van der Waals surface area contributed by atoms with Crippen molar-refractivity contribution in [2.24, 2.45) is 11.8 Å². The van der Waals surface area contributed by atoms with Crippen LogP contribution in [0.25, 0.3) is 0 Å². The fraction of sp³-hybridized carbons (Fsp3) is 0.682. The highest BCUT2D eigenvalue weighted by Gasteiger charge is 2.32. The molecule has 0 aliphatic carbocycles. The van der Waals surface area contributed by atoms with Crippen LogP contribution in [0.3, 0.4) is 0 Å². The first kappa shape index (κ1) is 23.7. The third kappa shape index (κ3) is 6.44. The smallest absolute Gasteiger partial charge is 0.410 e. The van der Waals surface area contributed by atoms with Gasteiger partial charge in [0.1, 0.15) is 5.60 Å². The molecule has 1 amide bonds. The second kappa shape index (κ2) is 9.94.